The molecule has 2 heterocycles. The molecule has 0 unspecified atom stereocenters. The summed E-state index contributed by atoms with van der Waals surface area (Å²) in [5, 5.41) is 12.2. The van der Waals surface area contributed by atoms with E-state index in [4.69, 9.17) is 49.0 Å². The summed E-state index contributed by atoms with van der Waals surface area (Å²) in [6, 6.07) is 24.4. The molecule has 3 aromatic rings. The second-order valence-electron chi connectivity index (χ2n) is 11.6. The zero-order valence-electron chi connectivity index (χ0n) is 24.9. The smallest absolute Gasteiger partial charge is 0.272 e. The first kappa shape index (κ1) is 33.2. The molecule has 5 atom stereocenters. The molecular formula is C34H39Cl3N2O5. The number of likely N-dealkylation sites (tertiary alicyclic amines) is 1. The number of aliphatic hydroxyl groups is 1. The molecule has 0 spiro atoms. The number of rotatable bonds is 10. The maximum Gasteiger partial charge on any atom is 0.272 e. The van der Waals surface area contributed by atoms with E-state index in [1.807, 2.05) is 66.7 Å². The summed E-state index contributed by atoms with van der Waals surface area (Å²) in [5.41, 5.74) is 5.68. The predicted octanol–water partition coefficient (Wildman–Crippen LogP) is 6.73. The number of nitrogens with one attached hydrogen (secondary N) is 1. The summed E-state index contributed by atoms with van der Waals surface area (Å²) >= 11 is 17.1. The Bertz CT molecular complexity index is 1400. The van der Waals surface area contributed by atoms with Crippen LogP contribution in [0.5, 0.6) is 0 Å². The molecule has 0 aliphatic carbocycles. The molecule has 10 heteroatoms. The Morgan fingerprint density at radius 1 is 1.00 bits per heavy atom. The van der Waals surface area contributed by atoms with Crippen molar-refractivity contribution in [1.82, 2.24) is 10.2 Å². The molecule has 0 bridgehead atoms. The molecule has 2 aliphatic heterocycles. The van der Waals surface area contributed by atoms with E-state index in [9.17, 15) is 9.90 Å². The third kappa shape index (κ3) is 8.14. The summed E-state index contributed by atoms with van der Waals surface area (Å²) in [6.45, 7) is 4.95. The molecule has 2 saturated heterocycles. The highest BCUT2D eigenvalue weighted by Crippen LogP contribution is 2.43. The van der Waals surface area contributed by atoms with E-state index in [1.54, 1.807) is 7.11 Å². The van der Waals surface area contributed by atoms with Crippen LogP contribution in [-0.4, -0.2) is 58.7 Å². The third-order valence-electron chi connectivity index (χ3n) is 8.53. The standard InChI is InChI=1S/C34H39Cl3N2O5/c1-22-30(19-39-15-5-10-29(39)21-42-2)43-32(44-31(22)25-13-11-23(20-40)12-14-25)28-9-4-8-27(17-28)26-7-3-6-24(16-26)18-38-33(41)34(35,36)37/h3-4,6-9,11-14,16-17,22,29-32,40H,5,10,15,18-21H2,1-2H3,(H,38,41)/t22-,29+,30+,31+,32+/m1/s1. The van der Waals surface area contributed by atoms with Gasteiger partial charge in [-0.15, -0.1) is 0 Å². The van der Waals surface area contributed by atoms with Crippen molar-refractivity contribution in [3.63, 3.8) is 0 Å². The SMILES string of the molecule is COC[C@@H]1CCCN1C[C@@H]1O[C@H](c2cccc(-c3cccc(CNC(=O)C(Cl)(Cl)Cl)c3)c2)O[C@H](c2ccc(CO)cc2)[C@@H]1C. The molecule has 7 nitrogen and oxygen atoms in total. The topological polar surface area (TPSA) is 80.3 Å². The van der Waals surface area contributed by atoms with Crippen LogP contribution in [0.25, 0.3) is 11.1 Å². The van der Waals surface area contributed by atoms with Crippen LogP contribution in [0.15, 0.2) is 72.8 Å². The van der Waals surface area contributed by atoms with Crippen molar-refractivity contribution in [2.75, 3.05) is 26.8 Å². The molecule has 0 saturated carbocycles. The predicted molar refractivity (Wildman–Crippen MR) is 173 cm³/mol. The highest BCUT2D eigenvalue weighted by Gasteiger charge is 2.40. The van der Waals surface area contributed by atoms with Gasteiger partial charge in [0.2, 0.25) is 0 Å². The van der Waals surface area contributed by atoms with Crippen LogP contribution in [0.4, 0.5) is 0 Å². The van der Waals surface area contributed by atoms with Crippen LogP contribution in [0.2, 0.25) is 0 Å². The lowest BCUT2D eigenvalue weighted by molar-refractivity contribution is -0.276. The summed E-state index contributed by atoms with van der Waals surface area (Å²) in [4.78, 5) is 14.5. The first-order valence-electron chi connectivity index (χ1n) is 14.9. The third-order valence-corrected chi connectivity index (χ3v) is 9.04. The normalized spacial score (nSPS) is 24.4. The molecular weight excluding hydrogens is 623 g/mol. The minimum absolute atomic E-state index is 0.00116. The molecule has 0 aromatic heterocycles. The van der Waals surface area contributed by atoms with Crippen LogP contribution in [0.1, 0.15) is 54.4 Å². The van der Waals surface area contributed by atoms with Gasteiger partial charge in [0, 0.05) is 37.7 Å². The summed E-state index contributed by atoms with van der Waals surface area (Å²) < 4.78 is 17.0. The van der Waals surface area contributed by atoms with E-state index in [2.05, 4.69) is 23.2 Å². The van der Waals surface area contributed by atoms with Gasteiger partial charge in [-0.25, -0.2) is 0 Å². The molecule has 2 N–H and O–H groups in total. The maximum atomic E-state index is 12.0. The first-order chi connectivity index (χ1) is 21.2. The number of aliphatic hydroxyl groups excluding tert-OH is 1. The number of carbonyl (C=O) groups is 1. The Hall–Kier alpha value is -2.20. The van der Waals surface area contributed by atoms with E-state index < -0.39 is 16.0 Å². The number of nitrogens with zero attached hydrogens (tertiary/aromatic N) is 1. The van der Waals surface area contributed by atoms with Crippen molar-refractivity contribution in [2.45, 2.75) is 61.2 Å². The average molecular weight is 662 g/mol. The van der Waals surface area contributed by atoms with Gasteiger partial charge in [-0.3, -0.25) is 9.69 Å². The van der Waals surface area contributed by atoms with Gasteiger partial charge in [-0.05, 0) is 59.3 Å². The highest BCUT2D eigenvalue weighted by atomic mass is 35.6. The van der Waals surface area contributed by atoms with Crippen molar-refractivity contribution in [3.8, 4) is 11.1 Å². The second-order valence-corrected chi connectivity index (χ2v) is 13.9. The molecule has 2 aliphatic rings. The lowest BCUT2D eigenvalue weighted by Gasteiger charge is -2.43. The number of hydrogen-bond acceptors (Lipinski definition) is 6. The Labute approximate surface area is 274 Å². The Morgan fingerprint density at radius 2 is 1.73 bits per heavy atom. The lowest BCUT2D eigenvalue weighted by Crippen LogP contribution is -2.46. The number of amides is 1. The van der Waals surface area contributed by atoms with Crippen molar-refractivity contribution in [3.05, 3.63) is 95.1 Å². The van der Waals surface area contributed by atoms with Gasteiger partial charge >= 0.3 is 0 Å². The molecule has 44 heavy (non-hydrogen) atoms. The fraction of sp³-hybridized carbons (Fsp3) is 0.441. The van der Waals surface area contributed by atoms with E-state index >= 15 is 0 Å². The van der Waals surface area contributed by atoms with E-state index in [0.29, 0.717) is 12.6 Å². The number of methoxy groups -OCH3 is 1. The van der Waals surface area contributed by atoms with Crippen molar-refractivity contribution < 1.29 is 24.1 Å². The Balaban J connectivity index is 1.39. The van der Waals surface area contributed by atoms with Crippen LogP contribution in [0, 0.1) is 5.92 Å². The van der Waals surface area contributed by atoms with E-state index in [1.165, 1.54) is 0 Å². The molecule has 236 valence electrons. The summed E-state index contributed by atoms with van der Waals surface area (Å²) in [6.07, 6.45) is 1.44. The van der Waals surface area contributed by atoms with Crippen LogP contribution < -0.4 is 5.32 Å². The van der Waals surface area contributed by atoms with Gasteiger partial charge in [0.05, 0.1) is 25.4 Å². The van der Waals surface area contributed by atoms with Crippen LogP contribution in [-0.2, 0) is 32.2 Å². The van der Waals surface area contributed by atoms with E-state index in [0.717, 1.165) is 59.3 Å². The van der Waals surface area contributed by atoms with Crippen molar-refractivity contribution in [1.29, 1.82) is 0 Å². The largest absolute Gasteiger partial charge is 0.392 e. The minimum Gasteiger partial charge on any atom is -0.392 e. The van der Waals surface area contributed by atoms with Crippen LogP contribution >= 0.6 is 34.8 Å². The van der Waals surface area contributed by atoms with Crippen molar-refractivity contribution >= 4 is 40.7 Å². The van der Waals surface area contributed by atoms with Gasteiger partial charge in [-0.1, -0.05) is 102 Å². The molecule has 0 radical (unpaired) electrons. The molecule has 5 rings (SSSR count). The number of hydrogen-bond donors (Lipinski definition) is 2. The number of benzene rings is 3. The number of carbonyl (C=O) groups excluding carboxylic acids is 1. The van der Waals surface area contributed by atoms with Gasteiger partial charge in [0.15, 0.2) is 6.29 Å². The first-order valence-corrected chi connectivity index (χ1v) is 16.1. The quantitative estimate of drug-likeness (QED) is 0.235. The Morgan fingerprint density at radius 3 is 2.43 bits per heavy atom. The van der Waals surface area contributed by atoms with Crippen molar-refractivity contribution in [2.24, 2.45) is 5.92 Å². The van der Waals surface area contributed by atoms with E-state index in [-0.39, 0.29) is 31.3 Å². The average Bonchev–Trinajstić information content (AvgIpc) is 3.47. The second kappa shape index (κ2) is 14.9. The maximum absolute atomic E-state index is 12.0. The highest BCUT2D eigenvalue weighted by molar-refractivity contribution is 6.76. The number of halogens is 3. The van der Waals surface area contributed by atoms with Gasteiger partial charge in [-0.2, -0.15) is 0 Å². The van der Waals surface area contributed by atoms with Gasteiger partial charge < -0.3 is 24.6 Å². The molecule has 2 fully saturated rings. The number of alkyl halides is 3. The lowest BCUT2D eigenvalue weighted by atomic mass is 9.89. The van der Waals surface area contributed by atoms with Gasteiger partial charge in [0.1, 0.15) is 0 Å². The Kier molecular flexibility index (Phi) is 11.3. The van der Waals surface area contributed by atoms with Gasteiger partial charge in [0.25, 0.3) is 9.70 Å². The number of ether oxygens (including phenoxy) is 3. The fourth-order valence-electron chi connectivity index (χ4n) is 6.08. The van der Waals surface area contributed by atoms with Crippen LogP contribution in [0.3, 0.4) is 0 Å². The fourth-order valence-corrected chi connectivity index (χ4v) is 6.28. The summed E-state index contributed by atoms with van der Waals surface area (Å²) in [5.74, 6) is -0.578. The monoisotopic (exact) mass is 660 g/mol. The minimum atomic E-state index is -2.01. The zero-order valence-corrected chi connectivity index (χ0v) is 27.2. The summed E-state index contributed by atoms with van der Waals surface area (Å²) in [7, 11) is 1.76. The zero-order chi connectivity index (χ0) is 31.3. The molecule has 3 aromatic carbocycles. The molecule has 1 amide bonds.